The highest BCUT2D eigenvalue weighted by Gasteiger charge is 2.19. The Hall–Kier alpha value is -5.70. The van der Waals surface area contributed by atoms with Gasteiger partial charge in [-0.3, -0.25) is 9.59 Å². The lowest BCUT2D eigenvalue weighted by Crippen LogP contribution is -2.19. The van der Waals surface area contributed by atoms with Crippen molar-refractivity contribution in [2.45, 2.75) is 6.92 Å². The largest absolute Gasteiger partial charge is 0.493 e. The molecule has 0 saturated carbocycles. The highest BCUT2D eigenvalue weighted by molar-refractivity contribution is 6.09. The first-order valence-corrected chi connectivity index (χ1v) is 12.6. The van der Waals surface area contributed by atoms with Gasteiger partial charge in [-0.1, -0.05) is 60.7 Å². The maximum Gasteiger partial charge on any atom is 0.343 e. The molecule has 0 radical (unpaired) electrons. The molecule has 1 amide bonds. The Bertz CT molecular complexity index is 1780. The van der Waals surface area contributed by atoms with E-state index >= 15 is 0 Å². The Morgan fingerprint density at radius 1 is 0.805 bits per heavy atom. The van der Waals surface area contributed by atoms with E-state index < -0.39 is 17.8 Å². The molecule has 0 unspecified atom stereocenters. The van der Waals surface area contributed by atoms with E-state index in [9.17, 15) is 14.4 Å². The molecule has 0 saturated heterocycles. The van der Waals surface area contributed by atoms with Crippen molar-refractivity contribution < 1.29 is 28.6 Å². The Morgan fingerprint density at radius 3 is 2.32 bits per heavy atom. The fourth-order valence-electron chi connectivity index (χ4n) is 4.31. The summed E-state index contributed by atoms with van der Waals surface area (Å²) in [4.78, 5) is 40.6. The highest BCUT2D eigenvalue weighted by atomic mass is 16.6. The number of aromatic amines is 1. The van der Waals surface area contributed by atoms with E-state index in [0.29, 0.717) is 11.3 Å². The molecule has 9 heteroatoms. The number of benzene rings is 4. The van der Waals surface area contributed by atoms with Gasteiger partial charge >= 0.3 is 11.9 Å². The topological polar surface area (TPSA) is 119 Å². The molecule has 204 valence electrons. The molecule has 0 spiro atoms. The molecule has 0 aliphatic carbocycles. The van der Waals surface area contributed by atoms with Gasteiger partial charge in [-0.05, 0) is 42.0 Å². The molecule has 1 aromatic heterocycles. The average Bonchev–Trinajstić information content (AvgIpc) is 3.38. The SMILES string of the molecule is COc1cc(C(=O)Oc2ccccc2C=NNC(=O)c2[nH]c3ccccc3c2-c2ccccc2)ccc1OC(C)=O. The van der Waals surface area contributed by atoms with Crippen LogP contribution in [0, 0.1) is 0 Å². The summed E-state index contributed by atoms with van der Waals surface area (Å²) in [6, 6.07) is 28.4. The minimum atomic E-state index is -0.659. The van der Waals surface area contributed by atoms with Crippen molar-refractivity contribution in [3.8, 4) is 28.4 Å². The lowest BCUT2D eigenvalue weighted by Gasteiger charge is -2.11. The molecule has 1 heterocycles. The van der Waals surface area contributed by atoms with E-state index in [1.165, 1.54) is 38.4 Å². The number of esters is 2. The molecular formula is C32H25N3O6. The van der Waals surface area contributed by atoms with Crippen molar-refractivity contribution >= 4 is 35.0 Å². The zero-order valence-corrected chi connectivity index (χ0v) is 22.2. The second kappa shape index (κ2) is 12.0. The van der Waals surface area contributed by atoms with Crippen molar-refractivity contribution in [1.29, 1.82) is 0 Å². The van der Waals surface area contributed by atoms with E-state index in [1.54, 1.807) is 24.3 Å². The number of carbonyl (C=O) groups excluding carboxylic acids is 3. The number of nitrogens with one attached hydrogen (secondary N) is 2. The minimum Gasteiger partial charge on any atom is -0.493 e. The van der Waals surface area contributed by atoms with Gasteiger partial charge in [-0.15, -0.1) is 0 Å². The molecule has 9 nitrogen and oxygen atoms in total. The van der Waals surface area contributed by atoms with Crippen LogP contribution < -0.4 is 19.6 Å². The molecule has 0 bridgehead atoms. The van der Waals surface area contributed by atoms with E-state index in [4.69, 9.17) is 14.2 Å². The first-order chi connectivity index (χ1) is 19.9. The van der Waals surface area contributed by atoms with Crippen LogP contribution in [0.3, 0.4) is 0 Å². The second-order valence-electron chi connectivity index (χ2n) is 8.87. The van der Waals surface area contributed by atoms with E-state index in [2.05, 4.69) is 15.5 Å². The zero-order chi connectivity index (χ0) is 28.8. The third kappa shape index (κ3) is 5.99. The number of methoxy groups -OCH3 is 1. The molecule has 4 aromatic carbocycles. The maximum atomic E-state index is 13.2. The molecule has 5 aromatic rings. The van der Waals surface area contributed by atoms with Gasteiger partial charge in [0.1, 0.15) is 11.4 Å². The first kappa shape index (κ1) is 26.9. The van der Waals surface area contributed by atoms with Crippen molar-refractivity contribution in [3.63, 3.8) is 0 Å². The Labute approximate surface area is 235 Å². The molecule has 0 aliphatic rings. The maximum absolute atomic E-state index is 13.2. The van der Waals surface area contributed by atoms with Crippen LogP contribution in [0.1, 0.15) is 33.3 Å². The molecule has 41 heavy (non-hydrogen) atoms. The van der Waals surface area contributed by atoms with Gasteiger partial charge < -0.3 is 19.2 Å². The summed E-state index contributed by atoms with van der Waals surface area (Å²) in [5.41, 5.74) is 6.09. The third-order valence-electron chi connectivity index (χ3n) is 6.14. The predicted octanol–water partition coefficient (Wildman–Crippen LogP) is 5.75. The van der Waals surface area contributed by atoms with Crippen LogP contribution in [0.25, 0.3) is 22.0 Å². The van der Waals surface area contributed by atoms with Crippen LogP contribution in [-0.4, -0.2) is 36.2 Å². The van der Waals surface area contributed by atoms with E-state index in [1.807, 2.05) is 54.6 Å². The quantitative estimate of drug-likeness (QED) is 0.110. The van der Waals surface area contributed by atoms with Crippen LogP contribution in [-0.2, 0) is 4.79 Å². The Morgan fingerprint density at radius 2 is 1.54 bits per heavy atom. The number of para-hydroxylation sites is 2. The number of hydrogen-bond donors (Lipinski definition) is 2. The molecule has 0 fully saturated rings. The zero-order valence-electron chi connectivity index (χ0n) is 22.2. The van der Waals surface area contributed by atoms with Crippen molar-refractivity contribution in [3.05, 3.63) is 114 Å². The number of rotatable bonds is 8. The normalized spacial score (nSPS) is 10.9. The van der Waals surface area contributed by atoms with Crippen molar-refractivity contribution in [1.82, 2.24) is 10.4 Å². The summed E-state index contributed by atoms with van der Waals surface area (Å²) in [7, 11) is 1.40. The molecule has 0 aliphatic heterocycles. The number of aromatic nitrogens is 1. The number of ether oxygens (including phenoxy) is 3. The summed E-state index contributed by atoms with van der Waals surface area (Å²) in [5.74, 6) is -0.975. The number of hydrogen-bond acceptors (Lipinski definition) is 7. The fraction of sp³-hybridized carbons (Fsp3) is 0.0625. The predicted molar refractivity (Wildman–Crippen MR) is 154 cm³/mol. The third-order valence-corrected chi connectivity index (χ3v) is 6.14. The monoisotopic (exact) mass is 547 g/mol. The van der Waals surface area contributed by atoms with Gasteiger partial charge in [-0.2, -0.15) is 5.10 Å². The van der Waals surface area contributed by atoms with Gasteiger partial charge in [-0.25, -0.2) is 10.2 Å². The summed E-state index contributed by atoms with van der Waals surface area (Å²) in [5, 5.41) is 5.04. The lowest BCUT2D eigenvalue weighted by molar-refractivity contribution is -0.132. The molecule has 5 rings (SSSR count). The van der Waals surface area contributed by atoms with Gasteiger partial charge in [0.2, 0.25) is 0 Å². The standard InChI is InChI=1S/C32H25N3O6/c1-20(36)40-27-17-16-22(18-28(27)39-2)32(38)41-26-15-9-6-12-23(26)19-33-35-31(37)30-29(21-10-4-3-5-11-21)24-13-7-8-14-25(24)34-30/h3-19,34H,1-2H3,(H,35,37). The fourth-order valence-corrected chi connectivity index (χ4v) is 4.31. The number of nitrogens with zero attached hydrogens (tertiary/aromatic N) is 1. The highest BCUT2D eigenvalue weighted by Crippen LogP contribution is 2.32. The molecule has 0 atom stereocenters. The number of hydrazone groups is 1. The van der Waals surface area contributed by atoms with Gasteiger partial charge in [0.25, 0.3) is 5.91 Å². The van der Waals surface area contributed by atoms with Crippen molar-refractivity contribution in [2.24, 2.45) is 5.10 Å². The average molecular weight is 548 g/mol. The summed E-state index contributed by atoms with van der Waals surface area (Å²) in [6.45, 7) is 1.27. The Kier molecular flexibility index (Phi) is 7.87. The number of fused-ring (bicyclic) bond motifs is 1. The van der Waals surface area contributed by atoms with Gasteiger partial charge in [0.15, 0.2) is 11.5 Å². The summed E-state index contributed by atoms with van der Waals surface area (Å²) in [6.07, 6.45) is 1.40. The smallest absolute Gasteiger partial charge is 0.343 e. The Balaban J connectivity index is 1.34. The second-order valence-corrected chi connectivity index (χ2v) is 8.87. The first-order valence-electron chi connectivity index (χ1n) is 12.6. The van der Waals surface area contributed by atoms with Crippen LogP contribution in [0.5, 0.6) is 17.2 Å². The van der Waals surface area contributed by atoms with E-state index in [0.717, 1.165) is 22.0 Å². The van der Waals surface area contributed by atoms with Crippen LogP contribution >= 0.6 is 0 Å². The number of carbonyl (C=O) groups is 3. The lowest BCUT2D eigenvalue weighted by atomic mass is 10.0. The van der Waals surface area contributed by atoms with E-state index in [-0.39, 0.29) is 22.8 Å². The van der Waals surface area contributed by atoms with Crippen LogP contribution in [0.2, 0.25) is 0 Å². The van der Waals surface area contributed by atoms with Crippen LogP contribution in [0.15, 0.2) is 102 Å². The summed E-state index contributed by atoms with van der Waals surface area (Å²) < 4.78 is 15.9. The molecular weight excluding hydrogens is 522 g/mol. The number of amides is 1. The van der Waals surface area contributed by atoms with Gasteiger partial charge in [0, 0.05) is 29.0 Å². The molecule has 2 N–H and O–H groups in total. The van der Waals surface area contributed by atoms with Crippen LogP contribution in [0.4, 0.5) is 0 Å². The van der Waals surface area contributed by atoms with Gasteiger partial charge in [0.05, 0.1) is 18.9 Å². The van der Waals surface area contributed by atoms with Crippen molar-refractivity contribution in [2.75, 3.05) is 7.11 Å². The summed E-state index contributed by atoms with van der Waals surface area (Å²) >= 11 is 0. The minimum absolute atomic E-state index is 0.185. The number of H-pyrrole nitrogens is 1.